The van der Waals surface area contributed by atoms with Crippen LogP contribution in [-0.2, 0) is 33.4 Å². The van der Waals surface area contributed by atoms with Crippen LogP contribution in [-0.4, -0.2) is 16.5 Å². The van der Waals surface area contributed by atoms with E-state index in [2.05, 4.69) is 120 Å². The summed E-state index contributed by atoms with van der Waals surface area (Å²) in [6, 6.07) is 11.3. The van der Waals surface area contributed by atoms with Gasteiger partial charge < -0.3 is 0 Å². The van der Waals surface area contributed by atoms with Gasteiger partial charge in [0.2, 0.25) is 0 Å². The molecule has 1 fully saturated rings. The van der Waals surface area contributed by atoms with Gasteiger partial charge in [0, 0.05) is 51.8 Å². The van der Waals surface area contributed by atoms with Crippen molar-refractivity contribution in [1.82, 2.24) is 10.5 Å². The average molecular weight is 718 g/mol. The van der Waals surface area contributed by atoms with Crippen LogP contribution in [0.25, 0.3) is 11.3 Å². The fraction of sp³-hybridized carbons (Fsp3) is 0.471. The zero-order valence-electron chi connectivity index (χ0n) is 13.5. The molecule has 0 N–H and O–H groups in total. The maximum atomic E-state index is 2.38. The van der Waals surface area contributed by atoms with Crippen LogP contribution in [0, 0.1) is 3.80 Å². The fourth-order valence-corrected chi connectivity index (χ4v) is 4.34. The molecular formula is C17H23I2N3Pt. The number of nitrogens with zero attached hydrogens (tertiary/aromatic N) is 3. The molecule has 1 aliphatic carbocycles. The van der Waals surface area contributed by atoms with Crippen LogP contribution < -0.4 is 0 Å². The SMILES string of the molecule is Cn1cc(-c2ccccc2)n(C)[c]1=[Pt].IN(I)C1CCCCC1. The second kappa shape index (κ2) is 9.88. The van der Waals surface area contributed by atoms with Gasteiger partial charge in [-0.15, -0.1) is 0 Å². The summed E-state index contributed by atoms with van der Waals surface area (Å²) in [5, 5.41) is 0. The number of aryl methyl sites for hydroxylation is 1. The number of rotatable bonds is 2. The van der Waals surface area contributed by atoms with E-state index in [9.17, 15) is 0 Å². The first-order valence-corrected chi connectivity index (χ1v) is 10.9. The van der Waals surface area contributed by atoms with Crippen molar-refractivity contribution in [2.45, 2.75) is 38.1 Å². The molecule has 6 heteroatoms. The minimum Gasteiger partial charge on any atom is -0.185 e. The minimum absolute atomic E-state index is 0.861. The Morgan fingerprint density at radius 2 is 1.65 bits per heavy atom. The zero-order chi connectivity index (χ0) is 16.8. The summed E-state index contributed by atoms with van der Waals surface area (Å²) in [5.41, 5.74) is 2.51. The van der Waals surface area contributed by atoms with Gasteiger partial charge in [-0.25, -0.2) is 0 Å². The van der Waals surface area contributed by atoms with Crippen LogP contribution in [0.3, 0.4) is 0 Å². The smallest absolute Gasteiger partial charge is 0.0311 e. The Bertz CT molecular complexity index is 658. The van der Waals surface area contributed by atoms with E-state index in [4.69, 9.17) is 0 Å². The number of halogens is 2. The third kappa shape index (κ3) is 5.79. The summed E-state index contributed by atoms with van der Waals surface area (Å²) in [7, 11) is 4.15. The standard InChI is InChI=1S/C11H12N2.C6H11I2N.Pt/c1-12-8-11(13(2)9-12)10-6-4-3-5-7-10;7-9(8)6-4-2-1-3-5-6;/h3-8H,1-2H3;6H,1-5H2;. The van der Waals surface area contributed by atoms with Gasteiger partial charge >= 0.3 is 94.2 Å². The van der Waals surface area contributed by atoms with Crippen LogP contribution in [0.15, 0.2) is 36.5 Å². The van der Waals surface area contributed by atoms with Gasteiger partial charge in [0.15, 0.2) is 0 Å². The molecule has 0 amide bonds. The molecular weight excluding hydrogens is 695 g/mol. The summed E-state index contributed by atoms with van der Waals surface area (Å²) >= 11 is 7.09. The van der Waals surface area contributed by atoms with Gasteiger partial charge in [0.05, 0.1) is 0 Å². The van der Waals surface area contributed by atoms with Crippen molar-refractivity contribution in [3.8, 4) is 11.3 Å². The number of imidazole rings is 1. The molecule has 0 aliphatic heterocycles. The molecule has 1 aromatic heterocycles. The maximum absolute atomic E-state index is 2.38. The van der Waals surface area contributed by atoms with E-state index in [0.717, 1.165) is 6.04 Å². The zero-order valence-corrected chi connectivity index (χ0v) is 20.1. The van der Waals surface area contributed by atoms with Gasteiger partial charge in [0.25, 0.3) is 0 Å². The number of hydrogen-bond acceptors (Lipinski definition) is 1. The largest absolute Gasteiger partial charge is 0.185 e. The van der Waals surface area contributed by atoms with Crippen LogP contribution in [0.2, 0.25) is 0 Å². The third-order valence-electron chi connectivity index (χ3n) is 4.12. The predicted octanol–water partition coefficient (Wildman–Crippen LogP) is 5.43. The van der Waals surface area contributed by atoms with E-state index < -0.39 is 0 Å². The Labute approximate surface area is 177 Å². The molecule has 3 nitrogen and oxygen atoms in total. The van der Waals surface area contributed by atoms with E-state index in [1.54, 1.807) is 0 Å². The second-order valence-corrected chi connectivity index (χ2v) is 10.8. The molecule has 0 spiro atoms. The predicted molar refractivity (Wildman–Crippen MR) is 110 cm³/mol. The molecule has 1 aliphatic rings. The van der Waals surface area contributed by atoms with Crippen molar-refractivity contribution in [1.29, 1.82) is 0 Å². The van der Waals surface area contributed by atoms with E-state index in [0.29, 0.717) is 0 Å². The topological polar surface area (TPSA) is 13.1 Å². The minimum atomic E-state index is 0.861. The summed E-state index contributed by atoms with van der Waals surface area (Å²) in [6.45, 7) is 0. The van der Waals surface area contributed by atoms with Gasteiger partial charge in [-0.05, 0) is 12.8 Å². The van der Waals surface area contributed by atoms with Crippen LogP contribution in [0.1, 0.15) is 32.1 Å². The van der Waals surface area contributed by atoms with Crippen molar-refractivity contribution >= 4 is 45.7 Å². The Balaban J connectivity index is 0.000000185. The molecule has 23 heavy (non-hydrogen) atoms. The van der Waals surface area contributed by atoms with Gasteiger partial charge in [-0.1, -0.05) is 19.3 Å². The summed E-state index contributed by atoms with van der Waals surface area (Å²) < 4.78 is 7.85. The average Bonchev–Trinajstić information content (AvgIpc) is 2.84. The fourth-order valence-electron chi connectivity index (χ4n) is 2.80. The van der Waals surface area contributed by atoms with Crippen LogP contribution >= 0.6 is 45.7 Å². The molecule has 130 valence electrons. The van der Waals surface area contributed by atoms with E-state index in [1.165, 1.54) is 47.2 Å². The number of aromatic nitrogens is 2. The van der Waals surface area contributed by atoms with Crippen LogP contribution in [0.5, 0.6) is 0 Å². The van der Waals surface area contributed by atoms with E-state index in [1.807, 2.05) is 6.07 Å². The Hall–Kier alpha value is 0.538. The normalized spacial score (nSPS) is 15.4. The molecule has 2 aromatic rings. The molecule has 1 aromatic carbocycles. The van der Waals surface area contributed by atoms with Gasteiger partial charge in [-0.3, -0.25) is 0 Å². The van der Waals surface area contributed by atoms with Crippen molar-refractivity contribution in [2.75, 3.05) is 0 Å². The first-order chi connectivity index (χ1) is 11.0. The Morgan fingerprint density at radius 3 is 2.09 bits per heavy atom. The van der Waals surface area contributed by atoms with Crippen molar-refractivity contribution in [3.63, 3.8) is 0 Å². The third-order valence-corrected chi connectivity index (χ3v) is 7.26. The number of hydrogen-bond donors (Lipinski definition) is 0. The molecule has 0 radical (unpaired) electrons. The van der Waals surface area contributed by atoms with Crippen molar-refractivity contribution in [2.24, 2.45) is 14.1 Å². The Kier molecular flexibility index (Phi) is 8.53. The second-order valence-electron chi connectivity index (χ2n) is 5.84. The Morgan fingerprint density at radius 1 is 1.04 bits per heavy atom. The number of benzene rings is 1. The summed E-state index contributed by atoms with van der Waals surface area (Å²) in [4.78, 5) is 0. The molecule has 3 rings (SSSR count). The van der Waals surface area contributed by atoms with Crippen LogP contribution in [0.4, 0.5) is 0 Å². The first kappa shape index (κ1) is 19.9. The van der Waals surface area contributed by atoms with E-state index in [-0.39, 0.29) is 0 Å². The van der Waals surface area contributed by atoms with Gasteiger partial charge in [-0.2, -0.15) is 1.33 Å². The van der Waals surface area contributed by atoms with Crippen molar-refractivity contribution < 1.29 is 19.4 Å². The first-order valence-electron chi connectivity index (χ1n) is 7.84. The quantitative estimate of drug-likeness (QED) is 0.299. The molecule has 0 atom stereocenters. The molecule has 0 bridgehead atoms. The maximum Gasteiger partial charge on any atom is 0.0311 e. The molecule has 0 saturated heterocycles. The van der Waals surface area contributed by atoms with Gasteiger partial charge in [0.1, 0.15) is 0 Å². The molecule has 0 unspecified atom stereocenters. The van der Waals surface area contributed by atoms with E-state index >= 15 is 0 Å². The van der Waals surface area contributed by atoms with Crippen molar-refractivity contribution in [3.05, 3.63) is 40.3 Å². The molecule has 1 saturated carbocycles. The summed E-state index contributed by atoms with van der Waals surface area (Å²) in [5.74, 6) is 0. The molecule has 1 heterocycles. The monoisotopic (exact) mass is 718 g/mol. The summed E-state index contributed by atoms with van der Waals surface area (Å²) in [6.07, 6.45) is 9.30.